The smallest absolute Gasteiger partial charge is 0.311 e. The highest BCUT2D eigenvalue weighted by atomic mass is 19.2. The number of hydrogen-bond acceptors (Lipinski definition) is 4. The van der Waals surface area contributed by atoms with E-state index in [0.29, 0.717) is 36.0 Å². The molecule has 5 aromatic rings. The lowest BCUT2D eigenvalue weighted by Crippen LogP contribution is -2.09. The van der Waals surface area contributed by atoms with Gasteiger partial charge in [-0.3, -0.25) is 9.59 Å². The zero-order valence-corrected chi connectivity index (χ0v) is 24.7. The molecular formula is C37H26F6O4. The summed E-state index contributed by atoms with van der Waals surface area (Å²) in [6.45, 7) is 0. The van der Waals surface area contributed by atoms with Crippen LogP contribution in [0.1, 0.15) is 32.1 Å². The van der Waals surface area contributed by atoms with Gasteiger partial charge in [0, 0.05) is 36.1 Å². The van der Waals surface area contributed by atoms with Gasteiger partial charge < -0.3 is 9.47 Å². The van der Waals surface area contributed by atoms with Gasteiger partial charge in [-0.15, -0.1) is 0 Å². The molecule has 5 aromatic carbocycles. The Morgan fingerprint density at radius 2 is 0.830 bits per heavy atom. The summed E-state index contributed by atoms with van der Waals surface area (Å²) in [6, 6.07) is 20.8. The van der Waals surface area contributed by atoms with Gasteiger partial charge in [-0.05, 0) is 83.6 Å². The molecule has 0 aliphatic carbocycles. The average molecular weight is 649 g/mol. The monoisotopic (exact) mass is 648 g/mol. The van der Waals surface area contributed by atoms with E-state index in [1.165, 1.54) is 36.4 Å². The number of unbranched alkanes of at least 4 members (excludes halogenated alkanes) is 2. The van der Waals surface area contributed by atoms with Gasteiger partial charge in [0.15, 0.2) is 23.3 Å². The highest BCUT2D eigenvalue weighted by Gasteiger charge is 2.14. The highest BCUT2D eigenvalue weighted by molar-refractivity contribution is 5.75. The second-order valence-electron chi connectivity index (χ2n) is 10.6. The summed E-state index contributed by atoms with van der Waals surface area (Å²) >= 11 is 0. The molecule has 0 saturated heterocycles. The molecule has 0 saturated carbocycles. The van der Waals surface area contributed by atoms with Crippen LogP contribution >= 0.6 is 0 Å². The third kappa shape index (κ3) is 8.46. The number of carbonyl (C=O) groups excluding carboxylic acids is 2. The molecule has 0 aromatic heterocycles. The van der Waals surface area contributed by atoms with Crippen LogP contribution in [-0.4, -0.2) is 11.9 Å². The van der Waals surface area contributed by atoms with Gasteiger partial charge in [-0.25, -0.2) is 26.3 Å². The molecule has 4 nitrogen and oxygen atoms in total. The second-order valence-corrected chi connectivity index (χ2v) is 10.6. The van der Waals surface area contributed by atoms with Crippen molar-refractivity contribution in [2.45, 2.75) is 32.1 Å². The Balaban J connectivity index is 1.04. The molecule has 0 spiro atoms. The maximum atomic E-state index is 14.9. The minimum absolute atomic E-state index is 0.00995. The first-order chi connectivity index (χ1) is 22.6. The normalized spacial score (nSPS) is 10.9. The Labute approximate surface area is 266 Å². The zero-order valence-electron chi connectivity index (χ0n) is 24.7. The van der Waals surface area contributed by atoms with Crippen LogP contribution in [0.15, 0.2) is 97.1 Å². The molecule has 0 atom stereocenters. The van der Waals surface area contributed by atoms with Crippen molar-refractivity contribution in [1.29, 1.82) is 0 Å². The Bertz CT molecular complexity index is 1920. The molecule has 240 valence electrons. The SMILES string of the molecule is O=C(CCCCCC(=O)Oc1ccc(-c2ccc(F)c(F)c2)c(F)c1)Oc1ccc(-c2ccc(-c3ccc(F)c(F)c3)cc2)c(F)c1. The van der Waals surface area contributed by atoms with Crippen LogP contribution in [0.3, 0.4) is 0 Å². The fraction of sp³-hybridized carbons (Fsp3) is 0.135. The summed E-state index contributed by atoms with van der Waals surface area (Å²) in [4.78, 5) is 24.4. The van der Waals surface area contributed by atoms with Crippen molar-refractivity contribution in [3.8, 4) is 44.9 Å². The molecule has 0 aliphatic heterocycles. The van der Waals surface area contributed by atoms with Crippen molar-refractivity contribution in [2.75, 3.05) is 0 Å². The fourth-order valence-corrected chi connectivity index (χ4v) is 4.85. The van der Waals surface area contributed by atoms with Crippen molar-refractivity contribution in [3.05, 3.63) is 132 Å². The van der Waals surface area contributed by atoms with Crippen molar-refractivity contribution in [2.24, 2.45) is 0 Å². The van der Waals surface area contributed by atoms with E-state index in [2.05, 4.69) is 0 Å². The number of ether oxygens (including phenoxy) is 2. The lowest BCUT2D eigenvalue weighted by atomic mass is 10.00. The average Bonchev–Trinajstić information content (AvgIpc) is 3.04. The predicted octanol–water partition coefficient (Wildman–Crippen LogP) is 9.98. The molecule has 0 aliphatic rings. The lowest BCUT2D eigenvalue weighted by Gasteiger charge is -2.09. The number of carbonyl (C=O) groups is 2. The first-order valence-corrected chi connectivity index (χ1v) is 14.6. The van der Waals surface area contributed by atoms with Crippen molar-refractivity contribution in [1.82, 2.24) is 0 Å². The van der Waals surface area contributed by atoms with Gasteiger partial charge in [0.05, 0.1) is 0 Å². The van der Waals surface area contributed by atoms with Crippen molar-refractivity contribution in [3.63, 3.8) is 0 Å². The Kier molecular flexibility index (Phi) is 10.4. The van der Waals surface area contributed by atoms with E-state index >= 15 is 0 Å². The molecule has 0 fully saturated rings. The first kappa shape index (κ1) is 33.0. The molecule has 0 amide bonds. The minimum Gasteiger partial charge on any atom is -0.426 e. The highest BCUT2D eigenvalue weighted by Crippen LogP contribution is 2.30. The van der Waals surface area contributed by atoms with Crippen molar-refractivity contribution >= 4 is 11.9 Å². The largest absolute Gasteiger partial charge is 0.426 e. The van der Waals surface area contributed by atoms with E-state index in [9.17, 15) is 35.9 Å². The van der Waals surface area contributed by atoms with Crippen LogP contribution < -0.4 is 9.47 Å². The number of rotatable bonds is 11. The molecule has 0 N–H and O–H groups in total. The molecule has 0 bridgehead atoms. The molecule has 47 heavy (non-hydrogen) atoms. The third-order valence-electron chi connectivity index (χ3n) is 7.29. The molecular weight excluding hydrogens is 622 g/mol. The first-order valence-electron chi connectivity index (χ1n) is 14.6. The van der Waals surface area contributed by atoms with Gasteiger partial charge in [0.2, 0.25) is 0 Å². The molecule has 0 heterocycles. The topological polar surface area (TPSA) is 52.6 Å². The Morgan fingerprint density at radius 1 is 0.404 bits per heavy atom. The van der Waals surface area contributed by atoms with Crippen LogP contribution in [0.5, 0.6) is 11.5 Å². The van der Waals surface area contributed by atoms with Crippen LogP contribution in [-0.2, 0) is 9.59 Å². The van der Waals surface area contributed by atoms with E-state index in [-0.39, 0.29) is 41.0 Å². The van der Waals surface area contributed by atoms with Gasteiger partial charge in [0.1, 0.15) is 23.1 Å². The standard InChI is InChI=1S/C37H26F6O4/c38-30-16-10-24(18-34(30)42)22-6-8-23(9-7-22)28-14-12-26(20-32(28)40)46-36(44)4-2-1-3-5-37(45)47-27-13-15-29(33(41)21-27)25-11-17-31(39)35(43)19-25/h6-21H,1-5H2. The molecule has 0 radical (unpaired) electrons. The van der Waals surface area contributed by atoms with Crippen LogP contribution in [0.2, 0.25) is 0 Å². The predicted molar refractivity (Wildman–Crippen MR) is 163 cm³/mol. The summed E-state index contributed by atoms with van der Waals surface area (Å²) in [5, 5.41) is 0. The summed E-state index contributed by atoms with van der Waals surface area (Å²) in [6.07, 6.45) is 1.31. The van der Waals surface area contributed by atoms with Gasteiger partial charge in [-0.2, -0.15) is 0 Å². The number of halogens is 6. The van der Waals surface area contributed by atoms with Gasteiger partial charge in [-0.1, -0.05) is 42.8 Å². The maximum Gasteiger partial charge on any atom is 0.311 e. The lowest BCUT2D eigenvalue weighted by molar-refractivity contribution is -0.134. The quantitative estimate of drug-likeness (QED) is 0.0619. The zero-order chi connectivity index (χ0) is 33.5. The van der Waals surface area contributed by atoms with Gasteiger partial charge in [0.25, 0.3) is 0 Å². The van der Waals surface area contributed by atoms with E-state index in [1.807, 2.05) is 0 Å². The van der Waals surface area contributed by atoms with Crippen LogP contribution in [0.25, 0.3) is 33.4 Å². The molecule has 5 rings (SSSR count). The molecule has 0 unspecified atom stereocenters. The van der Waals surface area contributed by atoms with E-state index in [4.69, 9.17) is 9.47 Å². The maximum absolute atomic E-state index is 14.9. The second kappa shape index (κ2) is 14.8. The number of hydrogen-bond donors (Lipinski definition) is 0. The van der Waals surface area contributed by atoms with E-state index < -0.39 is 46.8 Å². The van der Waals surface area contributed by atoms with E-state index in [1.54, 1.807) is 24.3 Å². The summed E-state index contributed by atoms with van der Waals surface area (Å²) < 4.78 is 93.2. The number of benzene rings is 5. The van der Waals surface area contributed by atoms with Gasteiger partial charge >= 0.3 is 11.9 Å². The van der Waals surface area contributed by atoms with Crippen molar-refractivity contribution < 1.29 is 45.4 Å². The molecule has 10 heteroatoms. The van der Waals surface area contributed by atoms with Crippen LogP contribution in [0, 0.1) is 34.9 Å². The summed E-state index contributed by atoms with van der Waals surface area (Å²) in [7, 11) is 0. The Hall–Kier alpha value is -5.38. The summed E-state index contributed by atoms with van der Waals surface area (Å²) in [5.41, 5.74) is 2.04. The van der Waals surface area contributed by atoms with E-state index in [0.717, 1.165) is 36.4 Å². The van der Waals surface area contributed by atoms with Crippen LogP contribution in [0.4, 0.5) is 26.3 Å². The Morgan fingerprint density at radius 3 is 1.32 bits per heavy atom. The fourth-order valence-electron chi connectivity index (χ4n) is 4.85. The third-order valence-corrected chi connectivity index (χ3v) is 7.29. The minimum atomic E-state index is -1.11. The summed E-state index contributed by atoms with van der Waals surface area (Å²) in [5.74, 6) is -6.67. The number of esters is 2.